The van der Waals surface area contributed by atoms with Crippen LogP contribution in [0.5, 0.6) is 0 Å². The van der Waals surface area contributed by atoms with Crippen molar-refractivity contribution in [2.75, 3.05) is 13.2 Å². The van der Waals surface area contributed by atoms with Gasteiger partial charge in [0.1, 0.15) is 0 Å². The fourth-order valence-electron chi connectivity index (χ4n) is 3.24. The molecule has 120 valence electrons. The molecule has 1 saturated carbocycles. The van der Waals surface area contributed by atoms with E-state index in [-0.39, 0.29) is 17.7 Å². The van der Waals surface area contributed by atoms with Gasteiger partial charge in [-0.1, -0.05) is 19.3 Å². The molecule has 0 radical (unpaired) electrons. The third kappa shape index (κ3) is 4.59. The number of carbonyl (C=O) groups excluding carboxylic acids is 1. The van der Waals surface area contributed by atoms with Crippen LogP contribution in [0, 0.1) is 5.92 Å². The van der Waals surface area contributed by atoms with Crippen molar-refractivity contribution in [1.82, 2.24) is 10.6 Å². The zero-order valence-electron chi connectivity index (χ0n) is 12.7. The molecule has 2 rings (SSSR count). The van der Waals surface area contributed by atoms with Crippen LogP contribution < -0.4 is 10.6 Å². The van der Waals surface area contributed by atoms with Crippen LogP contribution >= 0.6 is 0 Å². The Kier molecular flexibility index (Phi) is 5.45. The Hall–Kier alpha value is -1.30. The molecule has 1 aliphatic carbocycles. The van der Waals surface area contributed by atoms with E-state index in [0.717, 1.165) is 45.1 Å². The highest BCUT2D eigenvalue weighted by atomic mass is 16.5. The van der Waals surface area contributed by atoms with Crippen LogP contribution in [0.1, 0.15) is 51.9 Å². The van der Waals surface area contributed by atoms with Gasteiger partial charge in [-0.2, -0.15) is 0 Å². The average Bonchev–Trinajstić information content (AvgIpc) is 2.73. The second-order valence-electron chi connectivity index (χ2n) is 6.42. The number of hydrogen-bond acceptors (Lipinski definition) is 3. The molecule has 0 aromatic rings. The first-order valence-corrected chi connectivity index (χ1v) is 7.91. The SMILES string of the molecule is CC1(CNC(=O)NC2CCCCCC2C(=O)O)CCCO1. The highest BCUT2D eigenvalue weighted by Gasteiger charge is 2.32. The Balaban J connectivity index is 1.83. The molecule has 1 aliphatic heterocycles. The van der Waals surface area contributed by atoms with Gasteiger partial charge in [-0.05, 0) is 32.6 Å². The van der Waals surface area contributed by atoms with Gasteiger partial charge in [0.2, 0.25) is 0 Å². The number of urea groups is 1. The lowest BCUT2D eigenvalue weighted by atomic mass is 9.95. The van der Waals surface area contributed by atoms with E-state index in [2.05, 4.69) is 10.6 Å². The molecule has 3 atom stereocenters. The molecule has 0 aromatic carbocycles. The first-order valence-electron chi connectivity index (χ1n) is 7.91. The molecule has 2 fully saturated rings. The quantitative estimate of drug-likeness (QED) is 0.692. The maximum Gasteiger partial charge on any atom is 0.315 e. The minimum atomic E-state index is -0.812. The first-order chi connectivity index (χ1) is 10.0. The van der Waals surface area contributed by atoms with Crippen molar-refractivity contribution >= 4 is 12.0 Å². The Morgan fingerprint density at radius 3 is 2.67 bits per heavy atom. The summed E-state index contributed by atoms with van der Waals surface area (Å²) in [4.78, 5) is 23.3. The Morgan fingerprint density at radius 2 is 2.00 bits per heavy atom. The van der Waals surface area contributed by atoms with Gasteiger partial charge in [0, 0.05) is 19.2 Å². The van der Waals surface area contributed by atoms with Gasteiger partial charge in [0.15, 0.2) is 0 Å². The molecule has 21 heavy (non-hydrogen) atoms. The van der Waals surface area contributed by atoms with Crippen molar-refractivity contribution in [3.63, 3.8) is 0 Å². The molecule has 3 unspecified atom stereocenters. The molecule has 0 spiro atoms. The summed E-state index contributed by atoms with van der Waals surface area (Å²) < 4.78 is 5.62. The third-order valence-electron chi connectivity index (χ3n) is 4.57. The van der Waals surface area contributed by atoms with Crippen molar-refractivity contribution in [3.8, 4) is 0 Å². The van der Waals surface area contributed by atoms with Crippen LogP contribution in [0.3, 0.4) is 0 Å². The van der Waals surface area contributed by atoms with Gasteiger partial charge in [-0.25, -0.2) is 4.79 Å². The minimum Gasteiger partial charge on any atom is -0.481 e. The highest BCUT2D eigenvalue weighted by molar-refractivity contribution is 5.76. The van der Waals surface area contributed by atoms with Gasteiger partial charge in [-0.15, -0.1) is 0 Å². The lowest BCUT2D eigenvalue weighted by molar-refractivity contribution is -0.142. The van der Waals surface area contributed by atoms with Gasteiger partial charge >= 0.3 is 12.0 Å². The van der Waals surface area contributed by atoms with Gasteiger partial charge in [0.05, 0.1) is 11.5 Å². The van der Waals surface area contributed by atoms with E-state index < -0.39 is 11.9 Å². The van der Waals surface area contributed by atoms with Crippen LogP contribution in [-0.4, -0.2) is 41.9 Å². The molecular weight excluding hydrogens is 272 g/mol. The van der Waals surface area contributed by atoms with Crippen LogP contribution in [0.2, 0.25) is 0 Å². The molecule has 6 nitrogen and oxygen atoms in total. The number of amides is 2. The molecule has 3 N–H and O–H groups in total. The summed E-state index contributed by atoms with van der Waals surface area (Å²) in [7, 11) is 0. The van der Waals surface area contributed by atoms with Crippen molar-refractivity contribution in [2.45, 2.75) is 63.5 Å². The molecule has 2 aliphatic rings. The third-order valence-corrected chi connectivity index (χ3v) is 4.57. The van der Waals surface area contributed by atoms with Crippen molar-refractivity contribution in [1.29, 1.82) is 0 Å². The number of ether oxygens (including phenoxy) is 1. The molecule has 2 amide bonds. The maximum absolute atomic E-state index is 12.0. The lowest BCUT2D eigenvalue weighted by Gasteiger charge is -2.26. The van der Waals surface area contributed by atoms with E-state index in [1.54, 1.807) is 0 Å². The largest absolute Gasteiger partial charge is 0.481 e. The van der Waals surface area contributed by atoms with Crippen LogP contribution in [0.4, 0.5) is 4.79 Å². The number of aliphatic carboxylic acids is 1. The fraction of sp³-hybridized carbons (Fsp3) is 0.867. The predicted octanol–water partition coefficient (Wildman–Crippen LogP) is 1.89. The molecule has 0 aromatic heterocycles. The minimum absolute atomic E-state index is 0.276. The summed E-state index contributed by atoms with van der Waals surface area (Å²) in [6, 6.07) is -0.563. The van der Waals surface area contributed by atoms with Crippen LogP contribution in [0.15, 0.2) is 0 Å². The molecule has 1 saturated heterocycles. The summed E-state index contributed by atoms with van der Waals surface area (Å²) >= 11 is 0. The van der Waals surface area contributed by atoms with Crippen LogP contribution in [-0.2, 0) is 9.53 Å². The normalized spacial score (nSPS) is 33.2. The number of nitrogens with one attached hydrogen (secondary N) is 2. The maximum atomic E-state index is 12.0. The van der Waals surface area contributed by atoms with Crippen molar-refractivity contribution in [2.24, 2.45) is 5.92 Å². The van der Waals surface area contributed by atoms with Gasteiger partial charge < -0.3 is 20.5 Å². The van der Waals surface area contributed by atoms with Gasteiger partial charge in [-0.3, -0.25) is 4.79 Å². The summed E-state index contributed by atoms with van der Waals surface area (Å²) in [5, 5.41) is 15.0. The number of carboxylic acid groups (broad SMARTS) is 1. The van der Waals surface area contributed by atoms with Gasteiger partial charge in [0.25, 0.3) is 0 Å². The van der Waals surface area contributed by atoms with E-state index in [9.17, 15) is 14.7 Å². The standard InChI is InChI=1S/C15H26N2O4/c1-15(8-5-9-21-15)10-16-14(20)17-12-7-4-2-3-6-11(12)13(18)19/h11-12H,2-10H2,1H3,(H,18,19)(H2,16,17,20). The topological polar surface area (TPSA) is 87.7 Å². The smallest absolute Gasteiger partial charge is 0.315 e. The predicted molar refractivity (Wildman–Crippen MR) is 78.1 cm³/mol. The van der Waals surface area contributed by atoms with E-state index in [1.807, 2.05) is 6.92 Å². The zero-order valence-corrected chi connectivity index (χ0v) is 12.7. The van der Waals surface area contributed by atoms with E-state index in [1.165, 1.54) is 0 Å². The highest BCUT2D eigenvalue weighted by Crippen LogP contribution is 2.25. The molecule has 6 heteroatoms. The zero-order chi connectivity index (χ0) is 15.3. The van der Waals surface area contributed by atoms with Crippen molar-refractivity contribution in [3.05, 3.63) is 0 Å². The van der Waals surface area contributed by atoms with E-state index in [0.29, 0.717) is 13.0 Å². The summed E-state index contributed by atoms with van der Waals surface area (Å²) in [5.74, 6) is -1.29. The summed E-state index contributed by atoms with van der Waals surface area (Å²) in [6.45, 7) is 3.19. The number of carboxylic acids is 1. The van der Waals surface area contributed by atoms with Crippen molar-refractivity contribution < 1.29 is 19.4 Å². The second kappa shape index (κ2) is 7.11. The Labute approximate surface area is 125 Å². The summed E-state index contributed by atoms with van der Waals surface area (Å²) in [5.41, 5.74) is -0.285. The molecule has 0 bridgehead atoms. The molecule has 1 heterocycles. The van der Waals surface area contributed by atoms with Crippen LogP contribution in [0.25, 0.3) is 0 Å². The number of rotatable bonds is 4. The van der Waals surface area contributed by atoms with E-state index >= 15 is 0 Å². The molecular formula is C15H26N2O4. The first kappa shape index (κ1) is 16.1. The lowest BCUT2D eigenvalue weighted by Crippen LogP contribution is -2.50. The Bertz CT molecular complexity index is 380. The fourth-order valence-corrected chi connectivity index (χ4v) is 3.24. The van der Waals surface area contributed by atoms with E-state index in [4.69, 9.17) is 4.74 Å². The number of carbonyl (C=O) groups is 2. The average molecular weight is 298 g/mol. The second-order valence-corrected chi connectivity index (χ2v) is 6.42. The Morgan fingerprint density at radius 1 is 1.24 bits per heavy atom. The monoisotopic (exact) mass is 298 g/mol. The number of hydrogen-bond donors (Lipinski definition) is 3. The summed E-state index contributed by atoms with van der Waals surface area (Å²) in [6.07, 6.45) is 6.25.